The molecule has 2 heterocycles. The van der Waals surface area contributed by atoms with E-state index in [1.54, 1.807) is 23.7 Å². The lowest BCUT2D eigenvalue weighted by Gasteiger charge is -2.10. The maximum absolute atomic E-state index is 11.0. The van der Waals surface area contributed by atoms with Crippen LogP contribution < -0.4 is 5.73 Å². The van der Waals surface area contributed by atoms with Gasteiger partial charge in [-0.1, -0.05) is 6.07 Å². The van der Waals surface area contributed by atoms with Gasteiger partial charge in [0.2, 0.25) is 0 Å². The SMILES string of the molecule is CC(C(=O)O)c1ccc(-c2nn(C3(C)CC3)c(N)c2C#N)nc1. The molecule has 0 saturated heterocycles. The Morgan fingerprint density at radius 1 is 1.52 bits per heavy atom. The summed E-state index contributed by atoms with van der Waals surface area (Å²) in [5.41, 5.74) is 7.81. The number of aromatic nitrogens is 3. The van der Waals surface area contributed by atoms with Crippen molar-refractivity contribution in [2.24, 2.45) is 0 Å². The minimum atomic E-state index is -0.910. The molecule has 1 fully saturated rings. The zero-order valence-corrected chi connectivity index (χ0v) is 12.9. The third-order valence-corrected chi connectivity index (χ3v) is 4.42. The number of nitrogens with zero attached hydrogens (tertiary/aromatic N) is 4. The number of nitrogens with two attached hydrogens (primary N) is 1. The van der Waals surface area contributed by atoms with Gasteiger partial charge >= 0.3 is 5.97 Å². The average Bonchev–Trinajstić information content (AvgIpc) is 3.19. The second-order valence-corrected chi connectivity index (χ2v) is 6.17. The van der Waals surface area contributed by atoms with Crippen LogP contribution in [-0.2, 0) is 10.3 Å². The first kappa shape index (κ1) is 15.0. The number of nitrogen functional groups attached to an aromatic ring is 1. The van der Waals surface area contributed by atoms with Crippen LogP contribution >= 0.6 is 0 Å². The largest absolute Gasteiger partial charge is 0.481 e. The molecule has 1 aliphatic carbocycles. The molecule has 1 atom stereocenters. The van der Waals surface area contributed by atoms with Gasteiger partial charge in [0.05, 0.1) is 17.2 Å². The van der Waals surface area contributed by atoms with E-state index in [1.165, 1.54) is 6.20 Å². The molecule has 0 aromatic carbocycles. The summed E-state index contributed by atoms with van der Waals surface area (Å²) in [6, 6.07) is 5.46. The lowest BCUT2D eigenvalue weighted by Crippen LogP contribution is -2.16. The first-order chi connectivity index (χ1) is 10.9. The Balaban J connectivity index is 2.02. The minimum absolute atomic E-state index is 0.119. The minimum Gasteiger partial charge on any atom is -0.481 e. The van der Waals surface area contributed by atoms with Crippen LogP contribution in [0, 0.1) is 11.3 Å². The summed E-state index contributed by atoms with van der Waals surface area (Å²) in [4.78, 5) is 15.3. The fraction of sp³-hybridized carbons (Fsp3) is 0.375. The Labute approximate surface area is 133 Å². The van der Waals surface area contributed by atoms with Gasteiger partial charge in [-0.2, -0.15) is 10.4 Å². The van der Waals surface area contributed by atoms with Gasteiger partial charge in [-0.25, -0.2) is 4.68 Å². The van der Waals surface area contributed by atoms with E-state index in [0.717, 1.165) is 12.8 Å². The van der Waals surface area contributed by atoms with Gasteiger partial charge in [0.15, 0.2) is 0 Å². The van der Waals surface area contributed by atoms with Crippen molar-refractivity contribution in [2.75, 3.05) is 5.73 Å². The van der Waals surface area contributed by atoms with Crippen LogP contribution in [0.25, 0.3) is 11.4 Å². The molecule has 0 bridgehead atoms. The van der Waals surface area contributed by atoms with Crippen molar-refractivity contribution in [3.8, 4) is 17.5 Å². The highest BCUT2D eigenvalue weighted by Gasteiger charge is 2.42. The fourth-order valence-electron chi connectivity index (χ4n) is 2.47. The highest BCUT2D eigenvalue weighted by molar-refractivity contribution is 5.76. The van der Waals surface area contributed by atoms with Crippen LogP contribution in [0.2, 0.25) is 0 Å². The van der Waals surface area contributed by atoms with Crippen molar-refractivity contribution in [1.29, 1.82) is 5.26 Å². The van der Waals surface area contributed by atoms with Gasteiger partial charge in [0.25, 0.3) is 0 Å². The number of hydrogen-bond acceptors (Lipinski definition) is 5. The van der Waals surface area contributed by atoms with Crippen molar-refractivity contribution in [3.63, 3.8) is 0 Å². The van der Waals surface area contributed by atoms with Crippen LogP contribution in [0.1, 0.15) is 43.7 Å². The maximum atomic E-state index is 11.0. The monoisotopic (exact) mass is 311 g/mol. The van der Waals surface area contributed by atoms with Crippen LogP contribution in [0.15, 0.2) is 18.3 Å². The molecule has 7 heteroatoms. The molecular formula is C16H17N5O2. The smallest absolute Gasteiger partial charge is 0.310 e. The lowest BCUT2D eigenvalue weighted by molar-refractivity contribution is -0.138. The van der Waals surface area contributed by atoms with Crippen molar-refractivity contribution in [2.45, 2.75) is 38.1 Å². The van der Waals surface area contributed by atoms with Gasteiger partial charge in [-0.3, -0.25) is 9.78 Å². The normalized spacial score (nSPS) is 16.6. The predicted molar refractivity (Wildman–Crippen MR) is 83.5 cm³/mol. The number of hydrogen-bond donors (Lipinski definition) is 2. The molecule has 2 aromatic heterocycles. The second kappa shape index (κ2) is 5.09. The molecule has 1 unspecified atom stereocenters. The molecule has 7 nitrogen and oxygen atoms in total. The zero-order valence-electron chi connectivity index (χ0n) is 12.9. The van der Waals surface area contributed by atoms with E-state index in [4.69, 9.17) is 10.8 Å². The Morgan fingerprint density at radius 2 is 2.22 bits per heavy atom. The van der Waals surface area contributed by atoms with E-state index in [2.05, 4.69) is 16.2 Å². The van der Waals surface area contributed by atoms with E-state index in [-0.39, 0.29) is 5.54 Å². The number of anilines is 1. The van der Waals surface area contributed by atoms with Gasteiger partial charge < -0.3 is 10.8 Å². The van der Waals surface area contributed by atoms with Crippen LogP contribution in [0.5, 0.6) is 0 Å². The van der Waals surface area contributed by atoms with E-state index < -0.39 is 11.9 Å². The molecule has 0 spiro atoms. The zero-order chi connectivity index (χ0) is 16.8. The van der Waals surface area contributed by atoms with Crippen molar-refractivity contribution in [1.82, 2.24) is 14.8 Å². The van der Waals surface area contributed by atoms with Gasteiger partial charge in [0.1, 0.15) is 23.1 Å². The Bertz CT molecular complexity index is 812. The molecule has 0 amide bonds. The van der Waals surface area contributed by atoms with Crippen molar-refractivity contribution < 1.29 is 9.90 Å². The predicted octanol–water partition coefficient (Wildman–Crippen LogP) is 2.10. The Morgan fingerprint density at radius 3 is 2.70 bits per heavy atom. The molecule has 1 aliphatic rings. The molecule has 1 saturated carbocycles. The standard InChI is InChI=1S/C16H17N5O2/c1-9(15(22)23)10-3-4-12(19-8-10)13-11(7-17)14(18)21(20-13)16(2)5-6-16/h3-4,8-9H,5-6,18H2,1-2H3,(H,22,23). The van der Waals surface area contributed by atoms with Crippen molar-refractivity contribution in [3.05, 3.63) is 29.5 Å². The van der Waals surface area contributed by atoms with Gasteiger partial charge in [-0.05, 0) is 38.3 Å². The number of aliphatic carboxylic acids is 1. The molecule has 3 N–H and O–H groups in total. The number of pyridine rings is 1. The maximum Gasteiger partial charge on any atom is 0.310 e. The molecule has 23 heavy (non-hydrogen) atoms. The van der Waals surface area contributed by atoms with Gasteiger partial charge in [-0.15, -0.1) is 0 Å². The average molecular weight is 311 g/mol. The Hall–Kier alpha value is -2.88. The summed E-state index contributed by atoms with van der Waals surface area (Å²) in [5.74, 6) is -1.19. The quantitative estimate of drug-likeness (QED) is 0.892. The number of carboxylic acid groups (broad SMARTS) is 1. The highest BCUT2D eigenvalue weighted by atomic mass is 16.4. The topological polar surface area (TPSA) is 118 Å². The molecular weight excluding hydrogens is 294 g/mol. The first-order valence-electron chi connectivity index (χ1n) is 7.35. The summed E-state index contributed by atoms with van der Waals surface area (Å²) in [6.45, 7) is 3.65. The van der Waals surface area contributed by atoms with E-state index >= 15 is 0 Å². The number of rotatable bonds is 4. The van der Waals surface area contributed by atoms with E-state index in [0.29, 0.717) is 28.3 Å². The number of nitriles is 1. The molecule has 0 aliphatic heterocycles. The molecule has 3 rings (SSSR count). The molecule has 0 radical (unpaired) electrons. The summed E-state index contributed by atoms with van der Waals surface area (Å²) in [7, 11) is 0. The summed E-state index contributed by atoms with van der Waals surface area (Å²) in [5, 5.41) is 22.9. The second-order valence-electron chi connectivity index (χ2n) is 6.17. The molecule has 118 valence electrons. The summed E-state index contributed by atoms with van der Waals surface area (Å²) >= 11 is 0. The highest BCUT2D eigenvalue weighted by Crippen LogP contribution is 2.45. The molecule has 2 aromatic rings. The van der Waals surface area contributed by atoms with E-state index in [1.807, 2.05) is 6.92 Å². The first-order valence-corrected chi connectivity index (χ1v) is 7.35. The third kappa shape index (κ3) is 2.42. The number of carboxylic acids is 1. The van der Waals surface area contributed by atoms with Crippen LogP contribution in [0.3, 0.4) is 0 Å². The van der Waals surface area contributed by atoms with Crippen molar-refractivity contribution >= 4 is 11.8 Å². The van der Waals surface area contributed by atoms with Crippen LogP contribution in [0.4, 0.5) is 5.82 Å². The summed E-state index contributed by atoms with van der Waals surface area (Å²) in [6.07, 6.45) is 3.46. The third-order valence-electron chi connectivity index (χ3n) is 4.42. The van der Waals surface area contributed by atoms with Crippen LogP contribution in [-0.4, -0.2) is 25.8 Å². The van der Waals surface area contributed by atoms with E-state index in [9.17, 15) is 10.1 Å². The summed E-state index contributed by atoms with van der Waals surface area (Å²) < 4.78 is 1.70. The lowest BCUT2D eigenvalue weighted by atomic mass is 10.0. The fourth-order valence-corrected chi connectivity index (χ4v) is 2.47. The Kier molecular flexibility index (Phi) is 3.33. The number of carbonyl (C=O) groups is 1. The van der Waals surface area contributed by atoms with Gasteiger partial charge in [0, 0.05) is 6.20 Å².